The molecule has 2 aliphatic rings. The third-order valence-corrected chi connectivity index (χ3v) is 4.45. The summed E-state index contributed by atoms with van der Waals surface area (Å²) in [5, 5.41) is 2.95. The largest absolute Gasteiger partial charge is 0.339 e. The van der Waals surface area contributed by atoms with Crippen molar-refractivity contribution in [1.82, 2.24) is 4.90 Å². The van der Waals surface area contributed by atoms with Crippen LogP contribution in [0.3, 0.4) is 0 Å². The Balaban J connectivity index is 1.64. The molecule has 1 aliphatic heterocycles. The molecule has 1 aromatic rings. The van der Waals surface area contributed by atoms with Gasteiger partial charge >= 0.3 is 0 Å². The number of carbonyl (C=O) groups is 2. The second-order valence-corrected chi connectivity index (χ2v) is 5.84. The van der Waals surface area contributed by atoms with E-state index in [1.54, 1.807) is 0 Å². The zero-order valence-electron chi connectivity index (χ0n) is 11.8. The highest BCUT2D eigenvalue weighted by atomic mass is 16.2. The lowest BCUT2D eigenvalue weighted by Gasteiger charge is -2.34. The van der Waals surface area contributed by atoms with Crippen LogP contribution < -0.4 is 5.32 Å². The van der Waals surface area contributed by atoms with E-state index in [1.165, 1.54) is 6.42 Å². The first-order valence-electron chi connectivity index (χ1n) is 7.31. The number of amides is 2. The van der Waals surface area contributed by atoms with Gasteiger partial charge in [-0.2, -0.15) is 0 Å². The summed E-state index contributed by atoms with van der Waals surface area (Å²) in [7, 11) is 0. The van der Waals surface area contributed by atoms with Crippen LogP contribution in [0.15, 0.2) is 24.3 Å². The van der Waals surface area contributed by atoms with Crippen molar-refractivity contribution in [3.05, 3.63) is 29.8 Å². The Morgan fingerprint density at radius 1 is 1.30 bits per heavy atom. The van der Waals surface area contributed by atoms with Gasteiger partial charge in [-0.1, -0.05) is 18.2 Å². The Morgan fingerprint density at radius 3 is 2.70 bits per heavy atom. The van der Waals surface area contributed by atoms with Gasteiger partial charge in [0.1, 0.15) is 0 Å². The van der Waals surface area contributed by atoms with Crippen LogP contribution in [0.1, 0.15) is 31.2 Å². The molecule has 1 unspecified atom stereocenters. The fourth-order valence-electron chi connectivity index (χ4n) is 2.91. The van der Waals surface area contributed by atoms with Gasteiger partial charge in [-0.15, -0.1) is 0 Å². The number of likely N-dealkylation sites (tertiary alicyclic amines) is 1. The highest BCUT2D eigenvalue weighted by molar-refractivity contribution is 5.97. The maximum absolute atomic E-state index is 12.3. The van der Waals surface area contributed by atoms with Gasteiger partial charge in [0.05, 0.1) is 5.92 Å². The van der Waals surface area contributed by atoms with Gasteiger partial charge in [-0.05, 0) is 37.8 Å². The molecule has 1 saturated carbocycles. The van der Waals surface area contributed by atoms with E-state index in [9.17, 15) is 9.59 Å². The third kappa shape index (κ3) is 2.42. The van der Waals surface area contributed by atoms with Gasteiger partial charge in [0, 0.05) is 24.7 Å². The van der Waals surface area contributed by atoms with Crippen molar-refractivity contribution in [2.75, 3.05) is 11.9 Å². The Bertz CT molecular complexity index is 537. The summed E-state index contributed by atoms with van der Waals surface area (Å²) in [6.45, 7) is 2.55. The van der Waals surface area contributed by atoms with Gasteiger partial charge < -0.3 is 10.2 Å². The summed E-state index contributed by atoms with van der Waals surface area (Å²) in [5.41, 5.74) is 1.88. The predicted molar refractivity (Wildman–Crippen MR) is 77.3 cm³/mol. The fraction of sp³-hybridized carbons (Fsp3) is 0.500. The van der Waals surface area contributed by atoms with E-state index in [0.717, 1.165) is 24.1 Å². The Labute approximate surface area is 119 Å². The van der Waals surface area contributed by atoms with Crippen molar-refractivity contribution in [3.63, 3.8) is 0 Å². The summed E-state index contributed by atoms with van der Waals surface area (Å²) >= 11 is 0. The highest BCUT2D eigenvalue weighted by Crippen LogP contribution is 2.31. The minimum atomic E-state index is -0.206. The Kier molecular flexibility index (Phi) is 3.47. The second kappa shape index (κ2) is 5.27. The van der Waals surface area contributed by atoms with E-state index >= 15 is 0 Å². The summed E-state index contributed by atoms with van der Waals surface area (Å²) in [4.78, 5) is 26.2. The Hall–Kier alpha value is -1.84. The second-order valence-electron chi connectivity index (χ2n) is 5.84. The molecule has 2 amide bonds. The monoisotopic (exact) mass is 272 g/mol. The molecule has 1 atom stereocenters. The van der Waals surface area contributed by atoms with Crippen LogP contribution in [0.4, 0.5) is 5.69 Å². The van der Waals surface area contributed by atoms with Gasteiger partial charge in [0.2, 0.25) is 11.8 Å². The number of benzene rings is 1. The number of hydrogen-bond acceptors (Lipinski definition) is 2. The number of carbonyl (C=O) groups excluding carboxylic acids is 2. The molecule has 1 aliphatic carbocycles. The molecule has 4 nitrogen and oxygen atoms in total. The normalized spacial score (nSPS) is 22.8. The molecule has 2 fully saturated rings. The quantitative estimate of drug-likeness (QED) is 0.918. The summed E-state index contributed by atoms with van der Waals surface area (Å²) in [5.74, 6) is -0.100. The Morgan fingerprint density at radius 2 is 2.05 bits per heavy atom. The molecular weight excluding hydrogens is 252 g/mol. The van der Waals surface area contributed by atoms with E-state index < -0.39 is 0 Å². The number of nitrogens with one attached hydrogen (secondary N) is 1. The smallest absolute Gasteiger partial charge is 0.229 e. The van der Waals surface area contributed by atoms with Gasteiger partial charge in [0.15, 0.2) is 0 Å². The topological polar surface area (TPSA) is 49.4 Å². The van der Waals surface area contributed by atoms with Gasteiger partial charge in [-0.25, -0.2) is 0 Å². The number of hydrogen-bond donors (Lipinski definition) is 1. The molecule has 0 aromatic heterocycles. The van der Waals surface area contributed by atoms with Crippen LogP contribution in [0.5, 0.6) is 0 Å². The van der Waals surface area contributed by atoms with E-state index in [0.29, 0.717) is 19.0 Å². The molecule has 1 heterocycles. The molecule has 106 valence electrons. The summed E-state index contributed by atoms with van der Waals surface area (Å²) in [6, 6.07) is 8.11. The van der Waals surface area contributed by atoms with E-state index in [4.69, 9.17) is 0 Å². The lowest BCUT2D eigenvalue weighted by Crippen LogP contribution is -2.41. The minimum absolute atomic E-state index is 0.0329. The molecule has 1 N–H and O–H groups in total. The first kappa shape index (κ1) is 13.2. The zero-order chi connectivity index (χ0) is 14.1. The minimum Gasteiger partial charge on any atom is -0.339 e. The average Bonchev–Trinajstić information content (AvgIpc) is 2.73. The zero-order valence-corrected chi connectivity index (χ0v) is 11.8. The maximum atomic E-state index is 12.3. The third-order valence-electron chi connectivity index (χ3n) is 4.45. The molecule has 3 rings (SSSR count). The molecule has 4 heteroatoms. The standard InChI is InChI=1S/C16H20N2O2/c1-11-5-2-3-8-14(11)17-16(20)12-9-15(19)18(10-12)13-6-4-7-13/h2-3,5,8,12-13H,4,6-7,9-10H2,1H3,(H,17,20). The first-order chi connectivity index (χ1) is 9.65. The fourth-order valence-corrected chi connectivity index (χ4v) is 2.91. The van der Waals surface area contributed by atoms with Crippen LogP contribution in [0.2, 0.25) is 0 Å². The molecule has 0 bridgehead atoms. The van der Waals surface area contributed by atoms with Gasteiger partial charge in [0.25, 0.3) is 0 Å². The van der Waals surface area contributed by atoms with Crippen molar-refractivity contribution in [2.24, 2.45) is 5.92 Å². The van der Waals surface area contributed by atoms with Crippen molar-refractivity contribution in [2.45, 2.75) is 38.6 Å². The number of nitrogens with zero attached hydrogens (tertiary/aromatic N) is 1. The van der Waals surface area contributed by atoms with Crippen molar-refractivity contribution in [3.8, 4) is 0 Å². The van der Waals surface area contributed by atoms with Crippen LogP contribution in [-0.4, -0.2) is 29.3 Å². The van der Waals surface area contributed by atoms with Crippen LogP contribution in [-0.2, 0) is 9.59 Å². The van der Waals surface area contributed by atoms with Crippen molar-refractivity contribution in [1.29, 1.82) is 0 Å². The predicted octanol–water partition coefficient (Wildman–Crippen LogP) is 2.33. The van der Waals surface area contributed by atoms with E-state index in [1.807, 2.05) is 36.1 Å². The van der Waals surface area contributed by atoms with Gasteiger partial charge in [-0.3, -0.25) is 9.59 Å². The van der Waals surface area contributed by atoms with E-state index in [2.05, 4.69) is 5.32 Å². The number of para-hydroxylation sites is 1. The maximum Gasteiger partial charge on any atom is 0.229 e. The lowest BCUT2D eigenvalue weighted by atomic mass is 9.92. The highest BCUT2D eigenvalue weighted by Gasteiger charge is 2.39. The summed E-state index contributed by atoms with van der Waals surface area (Å²) < 4.78 is 0. The number of rotatable bonds is 3. The van der Waals surface area contributed by atoms with Crippen LogP contribution in [0.25, 0.3) is 0 Å². The molecule has 1 saturated heterocycles. The molecule has 0 radical (unpaired) electrons. The average molecular weight is 272 g/mol. The molecule has 0 spiro atoms. The van der Waals surface area contributed by atoms with Crippen LogP contribution in [0, 0.1) is 12.8 Å². The lowest BCUT2D eigenvalue weighted by molar-refractivity contribution is -0.131. The SMILES string of the molecule is Cc1ccccc1NC(=O)C1CC(=O)N(C2CCC2)C1. The molecular formula is C16H20N2O2. The van der Waals surface area contributed by atoms with Crippen molar-refractivity contribution < 1.29 is 9.59 Å². The molecule has 20 heavy (non-hydrogen) atoms. The number of aryl methyl sites for hydroxylation is 1. The van der Waals surface area contributed by atoms with E-state index in [-0.39, 0.29) is 17.7 Å². The van der Waals surface area contributed by atoms with Crippen LogP contribution >= 0.6 is 0 Å². The van der Waals surface area contributed by atoms with Crippen molar-refractivity contribution >= 4 is 17.5 Å². The number of anilines is 1. The first-order valence-corrected chi connectivity index (χ1v) is 7.31. The molecule has 1 aromatic carbocycles. The summed E-state index contributed by atoms with van der Waals surface area (Å²) in [6.07, 6.45) is 3.75.